The summed E-state index contributed by atoms with van der Waals surface area (Å²) in [5.74, 6) is -3.92. The summed E-state index contributed by atoms with van der Waals surface area (Å²) in [7, 11) is 0. The molecule has 0 unspecified atom stereocenters. The first kappa shape index (κ1) is 16.4. The van der Waals surface area contributed by atoms with Gasteiger partial charge in [-0.25, -0.2) is 8.78 Å². The minimum Gasteiger partial charge on any atom is -0.491 e. The van der Waals surface area contributed by atoms with Gasteiger partial charge >= 0.3 is 5.97 Å². The summed E-state index contributed by atoms with van der Waals surface area (Å²) in [6.45, 7) is 6.27. The zero-order valence-electron chi connectivity index (χ0n) is 12.1. The Bertz CT molecular complexity index is 465. The highest BCUT2D eigenvalue weighted by atomic mass is 19.3. The van der Waals surface area contributed by atoms with Crippen LogP contribution in [0, 0.1) is 5.41 Å². The van der Waals surface area contributed by atoms with Crippen molar-refractivity contribution in [3.63, 3.8) is 0 Å². The van der Waals surface area contributed by atoms with E-state index in [1.54, 1.807) is 0 Å². The van der Waals surface area contributed by atoms with Gasteiger partial charge in [0.1, 0.15) is 5.75 Å². The Hall–Kier alpha value is -1.65. The topological polar surface area (TPSA) is 46.5 Å². The number of halogens is 2. The van der Waals surface area contributed by atoms with Crippen LogP contribution in [0.3, 0.4) is 0 Å². The number of aliphatic carboxylic acids is 1. The third kappa shape index (κ3) is 4.18. The highest BCUT2D eigenvalue weighted by molar-refractivity contribution is 5.73. The normalized spacial score (nSPS) is 12.6. The van der Waals surface area contributed by atoms with Crippen LogP contribution in [0.25, 0.3) is 0 Å². The first-order chi connectivity index (χ1) is 9.04. The van der Waals surface area contributed by atoms with Crippen LogP contribution in [0.5, 0.6) is 5.75 Å². The van der Waals surface area contributed by atoms with Crippen LogP contribution in [0.2, 0.25) is 0 Å². The SMILES string of the molecule is CC(C)Oc1ccc(C(F)(F)CC(C)(C)C(=O)O)cc1. The highest BCUT2D eigenvalue weighted by Gasteiger charge is 2.42. The van der Waals surface area contributed by atoms with E-state index in [0.29, 0.717) is 5.75 Å². The van der Waals surface area contributed by atoms with Crippen LogP contribution in [0.4, 0.5) is 8.78 Å². The van der Waals surface area contributed by atoms with Crippen molar-refractivity contribution < 1.29 is 23.4 Å². The van der Waals surface area contributed by atoms with E-state index >= 15 is 0 Å². The molecule has 0 saturated heterocycles. The van der Waals surface area contributed by atoms with E-state index in [1.807, 2.05) is 13.8 Å². The number of hydrogen-bond acceptors (Lipinski definition) is 2. The summed E-state index contributed by atoms with van der Waals surface area (Å²) in [6.07, 6.45) is -0.785. The monoisotopic (exact) mass is 286 g/mol. The van der Waals surface area contributed by atoms with Crippen molar-refractivity contribution >= 4 is 5.97 Å². The van der Waals surface area contributed by atoms with Gasteiger partial charge in [-0.05, 0) is 52.0 Å². The molecule has 1 aromatic carbocycles. The second kappa shape index (κ2) is 5.77. The maximum Gasteiger partial charge on any atom is 0.309 e. The second-order valence-corrected chi connectivity index (χ2v) is 5.76. The minimum absolute atomic E-state index is 0.0349. The molecule has 0 bridgehead atoms. The standard InChI is InChI=1S/C15H20F2O3/c1-10(2)20-12-7-5-11(6-8-12)15(16,17)9-14(3,4)13(18)19/h5-8,10H,9H2,1-4H3,(H,18,19). The molecule has 0 atom stereocenters. The van der Waals surface area contributed by atoms with Gasteiger partial charge in [0.05, 0.1) is 11.5 Å². The maximum atomic E-state index is 14.1. The predicted octanol–water partition coefficient (Wildman–Crippen LogP) is 4.07. The average Bonchev–Trinajstić information content (AvgIpc) is 2.27. The average molecular weight is 286 g/mol. The van der Waals surface area contributed by atoms with Crippen molar-refractivity contribution in [2.75, 3.05) is 0 Å². The van der Waals surface area contributed by atoms with Gasteiger partial charge in [0, 0.05) is 12.0 Å². The molecule has 1 rings (SSSR count). The molecular formula is C15H20F2O3. The van der Waals surface area contributed by atoms with E-state index < -0.39 is 23.7 Å². The molecule has 1 aromatic rings. The van der Waals surface area contributed by atoms with Crippen LogP contribution < -0.4 is 4.74 Å². The van der Waals surface area contributed by atoms with E-state index in [0.717, 1.165) is 0 Å². The van der Waals surface area contributed by atoms with Crippen molar-refractivity contribution in [3.8, 4) is 5.75 Å². The summed E-state index contributed by atoms with van der Waals surface area (Å²) < 4.78 is 33.6. The number of carboxylic acid groups (broad SMARTS) is 1. The molecule has 0 spiro atoms. The number of alkyl halides is 2. The fourth-order valence-corrected chi connectivity index (χ4v) is 1.78. The van der Waals surface area contributed by atoms with Crippen LogP contribution in [-0.2, 0) is 10.7 Å². The fourth-order valence-electron chi connectivity index (χ4n) is 1.78. The Labute approximate surface area is 117 Å². The van der Waals surface area contributed by atoms with Crippen molar-refractivity contribution in [1.29, 1.82) is 0 Å². The number of ether oxygens (including phenoxy) is 1. The summed E-state index contributed by atoms with van der Waals surface area (Å²) in [6, 6.07) is 5.49. The number of carbonyl (C=O) groups is 1. The van der Waals surface area contributed by atoms with E-state index in [9.17, 15) is 13.6 Å². The Morgan fingerprint density at radius 2 is 1.75 bits per heavy atom. The minimum atomic E-state index is -3.20. The molecule has 5 heteroatoms. The van der Waals surface area contributed by atoms with Gasteiger partial charge in [0.2, 0.25) is 0 Å². The van der Waals surface area contributed by atoms with Crippen LogP contribution in [0.1, 0.15) is 39.7 Å². The van der Waals surface area contributed by atoms with E-state index in [1.165, 1.54) is 38.1 Å². The van der Waals surface area contributed by atoms with E-state index in [-0.39, 0.29) is 11.7 Å². The van der Waals surface area contributed by atoms with Crippen molar-refractivity contribution in [2.45, 2.75) is 46.1 Å². The molecule has 0 aromatic heterocycles. The van der Waals surface area contributed by atoms with Crippen LogP contribution in [-0.4, -0.2) is 17.2 Å². The van der Waals surface area contributed by atoms with Gasteiger partial charge in [0.15, 0.2) is 0 Å². The number of carboxylic acids is 1. The van der Waals surface area contributed by atoms with Gasteiger partial charge in [-0.15, -0.1) is 0 Å². The van der Waals surface area contributed by atoms with Gasteiger partial charge < -0.3 is 9.84 Å². The molecule has 0 fully saturated rings. The quantitative estimate of drug-likeness (QED) is 0.857. The van der Waals surface area contributed by atoms with Crippen molar-refractivity contribution in [1.82, 2.24) is 0 Å². The molecule has 0 amide bonds. The first-order valence-corrected chi connectivity index (χ1v) is 6.43. The number of hydrogen-bond donors (Lipinski definition) is 1. The Morgan fingerprint density at radius 3 is 2.15 bits per heavy atom. The molecule has 0 aliphatic rings. The van der Waals surface area contributed by atoms with Crippen LogP contribution >= 0.6 is 0 Å². The van der Waals surface area contributed by atoms with Crippen LogP contribution in [0.15, 0.2) is 24.3 Å². The smallest absolute Gasteiger partial charge is 0.309 e. The lowest BCUT2D eigenvalue weighted by Crippen LogP contribution is -2.31. The lowest BCUT2D eigenvalue weighted by Gasteiger charge is -2.26. The highest BCUT2D eigenvalue weighted by Crippen LogP contribution is 2.40. The summed E-state index contributed by atoms with van der Waals surface area (Å²) in [4.78, 5) is 11.0. The molecule has 112 valence electrons. The van der Waals surface area contributed by atoms with Crippen molar-refractivity contribution in [2.24, 2.45) is 5.41 Å². The van der Waals surface area contributed by atoms with Gasteiger partial charge in [-0.3, -0.25) is 4.79 Å². The molecule has 0 radical (unpaired) electrons. The molecule has 0 aliphatic heterocycles. The largest absolute Gasteiger partial charge is 0.491 e. The summed E-state index contributed by atoms with van der Waals surface area (Å²) >= 11 is 0. The zero-order chi connectivity index (χ0) is 15.6. The fraction of sp³-hybridized carbons (Fsp3) is 0.533. The Morgan fingerprint density at radius 1 is 1.25 bits per heavy atom. The zero-order valence-corrected chi connectivity index (χ0v) is 12.1. The number of benzene rings is 1. The van der Waals surface area contributed by atoms with Gasteiger partial charge in [-0.1, -0.05) is 0 Å². The lowest BCUT2D eigenvalue weighted by atomic mass is 9.84. The Balaban J connectivity index is 2.90. The molecule has 3 nitrogen and oxygen atoms in total. The molecule has 0 saturated carbocycles. The van der Waals surface area contributed by atoms with Gasteiger partial charge in [0.25, 0.3) is 5.92 Å². The number of rotatable bonds is 6. The van der Waals surface area contributed by atoms with E-state index in [2.05, 4.69) is 0 Å². The van der Waals surface area contributed by atoms with Crippen molar-refractivity contribution in [3.05, 3.63) is 29.8 Å². The predicted molar refractivity (Wildman–Crippen MR) is 72.1 cm³/mol. The molecular weight excluding hydrogens is 266 g/mol. The van der Waals surface area contributed by atoms with Gasteiger partial charge in [-0.2, -0.15) is 0 Å². The molecule has 0 heterocycles. The summed E-state index contributed by atoms with van der Waals surface area (Å²) in [5, 5.41) is 8.94. The van der Waals surface area contributed by atoms with E-state index in [4.69, 9.17) is 9.84 Å². The Kier molecular flexibility index (Phi) is 4.73. The third-order valence-electron chi connectivity index (χ3n) is 2.89. The third-order valence-corrected chi connectivity index (χ3v) is 2.89. The second-order valence-electron chi connectivity index (χ2n) is 5.76. The summed E-state index contributed by atoms with van der Waals surface area (Å²) in [5.41, 5.74) is -1.70. The maximum absolute atomic E-state index is 14.1. The molecule has 0 aliphatic carbocycles. The molecule has 1 N–H and O–H groups in total. The molecule has 20 heavy (non-hydrogen) atoms. The first-order valence-electron chi connectivity index (χ1n) is 6.43. The lowest BCUT2D eigenvalue weighted by molar-refractivity contribution is -0.153.